The van der Waals surface area contributed by atoms with Crippen LogP contribution < -0.4 is 5.32 Å². The fourth-order valence-electron chi connectivity index (χ4n) is 10.0. The van der Waals surface area contributed by atoms with Gasteiger partial charge in [-0.25, -0.2) is 9.55 Å². The maximum Gasteiger partial charge on any atom is 0.469 e. The van der Waals surface area contributed by atoms with Crippen molar-refractivity contribution >= 4 is 19.8 Å². The van der Waals surface area contributed by atoms with Gasteiger partial charge in [0, 0.05) is 68.8 Å². The van der Waals surface area contributed by atoms with Crippen LogP contribution in [-0.4, -0.2) is 155 Å². The van der Waals surface area contributed by atoms with E-state index in [2.05, 4.69) is 23.3 Å². The molecular formula is C53H85N4O15P. The SMILES string of the molecule is COC[C@@H](C(O)[C@H](O)C(=O)NCCC(C)c1nc(/C=C/CC2OC3(C[C@@H](O)[C@@H]2C)O[C@H]([C@H](C[C@@H]2OC(C)(C)O[C@H](C(C)/C=C(C)/C(C)=C/C=C/C(C)=C/C#N)C2C)OC)[C@H](OP(=O)(O)O)C3(C)C)co1)N(C)C. The van der Waals surface area contributed by atoms with Crippen LogP contribution in [0.4, 0.5) is 0 Å². The maximum atomic E-state index is 12.7. The van der Waals surface area contributed by atoms with Crippen LogP contribution >= 0.6 is 7.82 Å². The molecule has 3 aliphatic rings. The molecule has 1 spiro atoms. The molecule has 0 bridgehead atoms. The van der Waals surface area contributed by atoms with Crippen molar-refractivity contribution in [3.8, 4) is 6.07 Å². The number of hydrogen-bond donors (Lipinski definition) is 6. The van der Waals surface area contributed by atoms with Crippen molar-refractivity contribution in [3.05, 3.63) is 71.0 Å². The number of nitriles is 1. The Hall–Kier alpha value is -3.42. The van der Waals surface area contributed by atoms with E-state index in [1.54, 1.807) is 38.9 Å². The number of aromatic nitrogens is 1. The van der Waals surface area contributed by atoms with Gasteiger partial charge in [-0.15, -0.1) is 0 Å². The van der Waals surface area contributed by atoms with Crippen LogP contribution in [-0.2, 0) is 42.3 Å². The van der Waals surface area contributed by atoms with E-state index in [0.717, 1.165) is 16.7 Å². The van der Waals surface area contributed by atoms with E-state index < -0.39 is 85.6 Å². The minimum Gasteiger partial charge on any atom is -0.448 e. The first-order valence-corrected chi connectivity index (χ1v) is 26.7. The number of aliphatic hydroxyl groups excluding tert-OH is 3. The summed E-state index contributed by atoms with van der Waals surface area (Å²) in [4.78, 5) is 39.6. The normalized spacial score (nSPS) is 30.7. The smallest absolute Gasteiger partial charge is 0.448 e. The molecule has 0 aliphatic carbocycles. The average molecular weight is 1050 g/mol. The summed E-state index contributed by atoms with van der Waals surface area (Å²) in [7, 11) is 1.31. The number of likely N-dealkylation sites (N-methyl/N-ethyl adjacent to an activating group) is 1. The van der Waals surface area contributed by atoms with E-state index in [9.17, 15) is 34.5 Å². The number of oxazole rings is 1. The van der Waals surface area contributed by atoms with Gasteiger partial charge in [0.25, 0.3) is 5.91 Å². The molecule has 0 saturated carbocycles. The summed E-state index contributed by atoms with van der Waals surface area (Å²) in [5, 5.41) is 44.4. The fraction of sp³-hybridized carbons (Fsp3) is 0.717. The molecule has 6 unspecified atom stereocenters. The van der Waals surface area contributed by atoms with Gasteiger partial charge in [0.15, 0.2) is 23.6 Å². The summed E-state index contributed by atoms with van der Waals surface area (Å²) in [5.41, 5.74) is 2.26. The second-order valence-electron chi connectivity index (χ2n) is 21.5. The number of methoxy groups -OCH3 is 2. The van der Waals surface area contributed by atoms with Crippen molar-refractivity contribution in [2.75, 3.05) is 41.5 Å². The number of ether oxygens (including phenoxy) is 6. The largest absolute Gasteiger partial charge is 0.469 e. The third kappa shape index (κ3) is 16.3. The molecule has 4 rings (SSSR count). The molecule has 3 fully saturated rings. The van der Waals surface area contributed by atoms with Crippen LogP contribution in [0.1, 0.15) is 119 Å². The van der Waals surface area contributed by atoms with E-state index in [4.69, 9.17) is 42.6 Å². The minimum absolute atomic E-state index is 0.00735. The highest BCUT2D eigenvalue weighted by Gasteiger charge is 2.68. The first-order chi connectivity index (χ1) is 34.0. The predicted octanol–water partition coefficient (Wildman–Crippen LogP) is 6.49. The number of carbonyl (C=O) groups is 1. The summed E-state index contributed by atoms with van der Waals surface area (Å²) < 4.78 is 62.4. The first-order valence-electron chi connectivity index (χ1n) is 25.2. The Bertz CT molecular complexity index is 2210. The zero-order valence-corrected chi connectivity index (χ0v) is 46.4. The van der Waals surface area contributed by atoms with Gasteiger partial charge in [-0.05, 0) is 78.8 Å². The van der Waals surface area contributed by atoms with Crippen LogP contribution in [0.5, 0.6) is 0 Å². The van der Waals surface area contributed by atoms with E-state index >= 15 is 0 Å². The number of phosphoric acid groups is 1. The van der Waals surface area contributed by atoms with E-state index in [1.165, 1.54) is 26.6 Å². The molecule has 15 atom stereocenters. The average Bonchev–Trinajstić information content (AvgIpc) is 3.85. The molecule has 3 saturated heterocycles. The number of hydrogen-bond acceptors (Lipinski definition) is 16. The van der Waals surface area contributed by atoms with Crippen LogP contribution in [0, 0.1) is 34.5 Å². The molecule has 1 amide bonds. The number of nitrogens with zero attached hydrogens (tertiary/aromatic N) is 3. The highest BCUT2D eigenvalue weighted by molar-refractivity contribution is 7.46. The molecule has 6 N–H and O–H groups in total. The summed E-state index contributed by atoms with van der Waals surface area (Å²) in [5.74, 6) is -3.65. The minimum atomic E-state index is -5.12. The molecule has 412 valence electrons. The van der Waals surface area contributed by atoms with Crippen molar-refractivity contribution in [2.24, 2.45) is 23.2 Å². The standard InChI is InChI=1S/C53H85N4O15P/c1-31(22-24-54)18-16-19-32(2)34(4)26-35(5)46-37(7)42(68-52(10,11)70-46)27-43(66-15)47-48(72-73(62,63)64)51(8,9)53(71-47)28-40(58)36(6)41(69-53)21-17-20-38-29-67-50(56-38)33(3)23-25-55-49(61)45(60)44(59)39(30-65-14)57(12)13/h16-20,22,26,29,33,35-37,39-48,58-60H,21,23,25,27-28,30H2,1-15H3,(H,55,61)(H2,62,63,64)/b18-16+,20-17+,31-22+,32-19+,34-26+/t33?,35?,36-,37?,39-,40+,41?,42-,43-,44?,45-,46+,47+,48-,53?/m0/s1. The molecule has 1 aromatic rings. The molecule has 1 aromatic heterocycles. The number of allylic oxidation sites excluding steroid dienone is 7. The molecular weight excluding hydrogens is 964 g/mol. The van der Waals surface area contributed by atoms with Crippen molar-refractivity contribution in [1.29, 1.82) is 5.26 Å². The number of nitrogens with one attached hydrogen (secondary N) is 1. The molecule has 0 radical (unpaired) electrons. The van der Waals surface area contributed by atoms with Gasteiger partial charge in [0.2, 0.25) is 0 Å². The molecule has 73 heavy (non-hydrogen) atoms. The van der Waals surface area contributed by atoms with Gasteiger partial charge in [-0.3, -0.25) is 9.32 Å². The van der Waals surface area contributed by atoms with Crippen molar-refractivity contribution in [2.45, 2.75) is 180 Å². The molecule has 4 heterocycles. The Morgan fingerprint density at radius 1 is 1.03 bits per heavy atom. The van der Waals surface area contributed by atoms with Crippen molar-refractivity contribution < 1.29 is 71.8 Å². The summed E-state index contributed by atoms with van der Waals surface area (Å²) >= 11 is 0. The molecule has 0 aromatic carbocycles. The zero-order valence-electron chi connectivity index (χ0n) is 45.6. The number of phosphoric ester groups is 1. The van der Waals surface area contributed by atoms with Gasteiger partial charge >= 0.3 is 7.82 Å². The van der Waals surface area contributed by atoms with Gasteiger partial charge in [-0.1, -0.05) is 77.5 Å². The summed E-state index contributed by atoms with van der Waals surface area (Å²) in [6, 6.07) is 1.45. The van der Waals surface area contributed by atoms with Gasteiger partial charge in [-0.2, -0.15) is 5.26 Å². The lowest BCUT2D eigenvalue weighted by Crippen LogP contribution is -2.58. The lowest BCUT2D eigenvalue weighted by atomic mass is 9.72. The Kier molecular flexibility index (Phi) is 22.6. The Morgan fingerprint density at radius 3 is 2.33 bits per heavy atom. The zero-order chi connectivity index (χ0) is 54.8. The second kappa shape index (κ2) is 26.6. The van der Waals surface area contributed by atoms with E-state index in [1.807, 2.05) is 85.8 Å². The number of aliphatic hydroxyl groups is 3. The summed E-state index contributed by atoms with van der Waals surface area (Å²) in [6.07, 6.45) is 7.11. The quantitative estimate of drug-likeness (QED) is 0.0367. The third-order valence-corrected chi connectivity index (χ3v) is 15.3. The van der Waals surface area contributed by atoms with Crippen molar-refractivity contribution in [1.82, 2.24) is 15.2 Å². The Labute approximate surface area is 432 Å². The molecule has 19 nitrogen and oxygen atoms in total. The first kappa shape index (κ1) is 62.1. The predicted molar refractivity (Wildman–Crippen MR) is 274 cm³/mol. The monoisotopic (exact) mass is 1050 g/mol. The lowest BCUT2D eigenvalue weighted by Gasteiger charge is -2.50. The Balaban J connectivity index is 1.49. The Morgan fingerprint density at radius 2 is 1.71 bits per heavy atom. The second-order valence-corrected chi connectivity index (χ2v) is 22.6. The highest BCUT2D eigenvalue weighted by Crippen LogP contribution is 2.59. The lowest BCUT2D eigenvalue weighted by molar-refractivity contribution is -0.340. The maximum absolute atomic E-state index is 12.7. The fourth-order valence-corrected chi connectivity index (χ4v) is 10.7. The van der Waals surface area contributed by atoms with Crippen LogP contribution in [0.25, 0.3) is 6.08 Å². The van der Waals surface area contributed by atoms with Crippen LogP contribution in [0.15, 0.2) is 63.9 Å². The molecule has 3 aliphatic heterocycles. The van der Waals surface area contributed by atoms with Gasteiger partial charge < -0.3 is 68.2 Å². The molecule has 20 heteroatoms. The highest BCUT2D eigenvalue weighted by atomic mass is 31.2. The number of rotatable bonds is 24. The van der Waals surface area contributed by atoms with Gasteiger partial charge in [0.1, 0.15) is 30.3 Å². The number of amides is 1. The van der Waals surface area contributed by atoms with Crippen molar-refractivity contribution in [3.63, 3.8) is 0 Å². The third-order valence-electron chi connectivity index (χ3n) is 14.8. The summed E-state index contributed by atoms with van der Waals surface area (Å²) in [6.45, 7) is 21.4. The topological polar surface area (TPSA) is 265 Å². The van der Waals surface area contributed by atoms with E-state index in [-0.39, 0.29) is 55.8 Å². The van der Waals surface area contributed by atoms with Crippen LogP contribution in [0.2, 0.25) is 0 Å². The van der Waals surface area contributed by atoms with Crippen LogP contribution in [0.3, 0.4) is 0 Å². The van der Waals surface area contributed by atoms with E-state index in [0.29, 0.717) is 24.4 Å². The number of carbonyl (C=O) groups excluding carboxylic acids is 1. The van der Waals surface area contributed by atoms with Gasteiger partial charge in [0.05, 0.1) is 49.2 Å².